The molecule has 1 heterocycles. The van der Waals surface area contributed by atoms with Crippen LogP contribution in [-0.4, -0.2) is 28.9 Å². The molecule has 0 fully saturated rings. The summed E-state index contributed by atoms with van der Waals surface area (Å²) in [6, 6.07) is 32.0. The van der Waals surface area contributed by atoms with Crippen LogP contribution in [0.5, 0.6) is 5.75 Å². The Morgan fingerprint density at radius 1 is 0.766 bits per heavy atom. The van der Waals surface area contributed by atoms with Gasteiger partial charge in [0.15, 0.2) is 5.78 Å². The van der Waals surface area contributed by atoms with Crippen molar-refractivity contribution in [2.24, 2.45) is 5.92 Å². The van der Waals surface area contributed by atoms with Gasteiger partial charge in [-0.05, 0) is 67.1 Å². The number of ketones is 1. The molecule has 0 aliphatic heterocycles. The summed E-state index contributed by atoms with van der Waals surface area (Å²) < 4.78 is 19.0. The van der Waals surface area contributed by atoms with Crippen LogP contribution in [-0.2, 0) is 38.6 Å². The molecule has 0 saturated carbocycles. The summed E-state index contributed by atoms with van der Waals surface area (Å²) in [5.41, 5.74) is 4.75. The molecule has 5 aromatic rings. The van der Waals surface area contributed by atoms with Gasteiger partial charge in [-0.25, -0.2) is 4.79 Å². The zero-order valence-corrected chi connectivity index (χ0v) is 27.2. The van der Waals surface area contributed by atoms with Gasteiger partial charge in [0.2, 0.25) is 6.10 Å². The van der Waals surface area contributed by atoms with E-state index in [4.69, 9.17) is 14.2 Å². The van der Waals surface area contributed by atoms with Crippen LogP contribution in [0.25, 0.3) is 10.9 Å². The molecule has 7 heteroatoms. The van der Waals surface area contributed by atoms with Crippen molar-refractivity contribution in [3.05, 3.63) is 137 Å². The minimum atomic E-state index is -0.985. The van der Waals surface area contributed by atoms with E-state index >= 15 is 0 Å². The molecule has 0 aliphatic rings. The maximum absolute atomic E-state index is 13.7. The summed E-state index contributed by atoms with van der Waals surface area (Å²) in [4.78, 5) is 38.9. The quantitative estimate of drug-likeness (QED) is 0.0854. The van der Waals surface area contributed by atoms with Gasteiger partial charge in [-0.2, -0.15) is 0 Å². The number of esters is 2. The number of ether oxygens (including phenoxy) is 3. The third kappa shape index (κ3) is 8.76. The van der Waals surface area contributed by atoms with Gasteiger partial charge in [0.05, 0.1) is 6.61 Å². The summed E-state index contributed by atoms with van der Waals surface area (Å²) in [5, 5.41) is 0.844. The summed E-state index contributed by atoms with van der Waals surface area (Å²) in [5.74, 6) is 0.101. The fourth-order valence-corrected chi connectivity index (χ4v) is 5.57. The number of carbonyl (C=O) groups is 3. The maximum Gasteiger partial charge on any atom is 0.352 e. The average molecular weight is 632 g/mol. The molecule has 4 aromatic carbocycles. The van der Waals surface area contributed by atoms with Crippen molar-refractivity contribution >= 4 is 28.6 Å². The van der Waals surface area contributed by atoms with E-state index in [1.165, 1.54) is 5.56 Å². The third-order valence-corrected chi connectivity index (χ3v) is 7.85. The highest BCUT2D eigenvalue weighted by atomic mass is 16.6. The normalized spacial score (nSPS) is 11.7. The first kappa shape index (κ1) is 33.2. The van der Waals surface area contributed by atoms with Crippen LogP contribution in [0.3, 0.4) is 0 Å². The Balaban J connectivity index is 1.33. The smallest absolute Gasteiger partial charge is 0.352 e. The maximum atomic E-state index is 13.7. The van der Waals surface area contributed by atoms with Crippen LogP contribution < -0.4 is 4.74 Å². The first-order valence-electron chi connectivity index (χ1n) is 16.2. The van der Waals surface area contributed by atoms with E-state index < -0.39 is 12.1 Å². The zero-order valence-electron chi connectivity index (χ0n) is 27.2. The number of aryl methyl sites for hydroxylation is 1. The lowest BCUT2D eigenvalue weighted by Crippen LogP contribution is -2.21. The van der Waals surface area contributed by atoms with Gasteiger partial charge in [0.1, 0.15) is 12.4 Å². The minimum absolute atomic E-state index is 0.128. The van der Waals surface area contributed by atoms with E-state index in [1.54, 1.807) is 31.2 Å². The lowest BCUT2D eigenvalue weighted by Gasteiger charge is -2.19. The molecular weight excluding hydrogens is 590 g/mol. The molecule has 0 spiro atoms. The number of benzene rings is 4. The minimum Gasteiger partial charge on any atom is -0.474 e. The van der Waals surface area contributed by atoms with Gasteiger partial charge >= 0.3 is 11.9 Å². The fraction of sp³-hybridized carbons (Fsp3) is 0.275. The first-order valence-corrected chi connectivity index (χ1v) is 16.2. The second kappa shape index (κ2) is 15.9. The summed E-state index contributed by atoms with van der Waals surface area (Å²) in [6.45, 7) is 7.20. The van der Waals surface area contributed by atoms with Crippen molar-refractivity contribution < 1.29 is 28.6 Å². The van der Waals surface area contributed by atoms with Crippen molar-refractivity contribution in [1.82, 2.24) is 4.57 Å². The van der Waals surface area contributed by atoms with Gasteiger partial charge in [0.25, 0.3) is 0 Å². The Morgan fingerprint density at radius 2 is 1.47 bits per heavy atom. The largest absolute Gasteiger partial charge is 0.474 e. The second-order valence-electron chi connectivity index (χ2n) is 11.9. The number of rotatable bonds is 15. The lowest BCUT2D eigenvalue weighted by atomic mass is 10.00. The Morgan fingerprint density at radius 3 is 2.17 bits per heavy atom. The van der Waals surface area contributed by atoms with Crippen LogP contribution in [0.2, 0.25) is 0 Å². The molecule has 0 aliphatic carbocycles. The number of fused-ring (bicyclic) bond motifs is 1. The lowest BCUT2D eigenvalue weighted by molar-refractivity contribution is -0.153. The van der Waals surface area contributed by atoms with Crippen LogP contribution >= 0.6 is 0 Å². The number of hydrogen-bond donors (Lipinski definition) is 0. The summed E-state index contributed by atoms with van der Waals surface area (Å²) in [6.07, 6.45) is 2.72. The number of aromatic nitrogens is 1. The average Bonchev–Trinajstić information content (AvgIpc) is 3.45. The van der Waals surface area contributed by atoms with Crippen LogP contribution in [0, 0.1) is 5.92 Å². The molecule has 0 amide bonds. The highest BCUT2D eigenvalue weighted by molar-refractivity contribution is 6.16. The molecule has 0 radical (unpaired) electrons. The first-order chi connectivity index (χ1) is 22.8. The van der Waals surface area contributed by atoms with E-state index in [1.807, 2.05) is 89.6 Å². The van der Waals surface area contributed by atoms with Gasteiger partial charge in [-0.3, -0.25) is 9.59 Å². The molecule has 242 valence electrons. The molecule has 0 saturated heterocycles. The van der Waals surface area contributed by atoms with Gasteiger partial charge in [0, 0.05) is 46.8 Å². The van der Waals surface area contributed by atoms with Crippen molar-refractivity contribution in [3.63, 3.8) is 0 Å². The van der Waals surface area contributed by atoms with Crippen LogP contribution in [0.1, 0.15) is 72.3 Å². The molecule has 0 N–H and O–H groups in total. The van der Waals surface area contributed by atoms with Crippen molar-refractivity contribution in [1.29, 1.82) is 0 Å². The highest BCUT2D eigenvalue weighted by Crippen LogP contribution is 2.28. The molecule has 1 aromatic heterocycles. The Labute approximate surface area is 276 Å². The predicted molar refractivity (Wildman–Crippen MR) is 182 cm³/mol. The van der Waals surface area contributed by atoms with Gasteiger partial charge < -0.3 is 18.8 Å². The molecule has 1 atom stereocenters. The molecule has 7 nitrogen and oxygen atoms in total. The second-order valence-corrected chi connectivity index (χ2v) is 11.9. The zero-order chi connectivity index (χ0) is 33.2. The SMILES string of the molecule is CCOC(=O)CCCn1cc(C(=O)c2ccc(OC(C(=O)OCc3ccccc3)c3ccc(CC(C)C)cc3)cc2)c2ccccc21. The predicted octanol–water partition coefficient (Wildman–Crippen LogP) is 8.28. The van der Waals surface area contributed by atoms with Crippen molar-refractivity contribution in [2.75, 3.05) is 6.61 Å². The number of hydrogen-bond acceptors (Lipinski definition) is 6. The van der Waals surface area contributed by atoms with Crippen molar-refractivity contribution in [3.8, 4) is 5.75 Å². The number of nitrogens with zero attached hydrogens (tertiary/aromatic N) is 1. The Bertz CT molecular complexity index is 1790. The number of para-hydroxylation sites is 1. The fourth-order valence-electron chi connectivity index (χ4n) is 5.57. The van der Waals surface area contributed by atoms with Crippen LogP contribution in [0.4, 0.5) is 0 Å². The Hall–Kier alpha value is -5.17. The number of carbonyl (C=O) groups excluding carboxylic acids is 3. The molecule has 1 unspecified atom stereocenters. The van der Waals surface area contributed by atoms with E-state index in [0.717, 1.165) is 22.9 Å². The molecular formula is C40H41NO6. The van der Waals surface area contributed by atoms with Gasteiger partial charge in [-0.15, -0.1) is 0 Å². The topological polar surface area (TPSA) is 83.8 Å². The van der Waals surface area contributed by atoms with E-state index in [9.17, 15) is 14.4 Å². The third-order valence-electron chi connectivity index (χ3n) is 7.85. The monoisotopic (exact) mass is 631 g/mol. The van der Waals surface area contributed by atoms with Gasteiger partial charge in [-0.1, -0.05) is 86.6 Å². The highest BCUT2D eigenvalue weighted by Gasteiger charge is 2.25. The molecule has 47 heavy (non-hydrogen) atoms. The molecule has 5 rings (SSSR count). The van der Waals surface area contributed by atoms with Crippen molar-refractivity contribution in [2.45, 2.75) is 59.3 Å². The van der Waals surface area contributed by atoms with E-state index in [2.05, 4.69) is 13.8 Å². The molecule has 0 bridgehead atoms. The Kier molecular flexibility index (Phi) is 11.2. The summed E-state index contributed by atoms with van der Waals surface area (Å²) >= 11 is 0. The van der Waals surface area contributed by atoms with Crippen LogP contribution in [0.15, 0.2) is 109 Å². The summed E-state index contributed by atoms with van der Waals surface area (Å²) in [7, 11) is 0. The standard InChI is InChI=1S/C40H41NO6/c1-4-45-37(42)15-10-24-41-26-35(34-13-8-9-14-36(34)41)38(43)31-20-22-33(23-21-31)47-39(32-18-16-29(17-19-32)25-28(2)3)40(44)46-27-30-11-6-5-7-12-30/h5-9,11-14,16-23,26,28,39H,4,10,15,24-25,27H2,1-3H3. The van der Waals surface area contributed by atoms with E-state index in [0.29, 0.717) is 54.4 Å². The van der Waals surface area contributed by atoms with E-state index in [-0.39, 0.29) is 18.4 Å².